The minimum atomic E-state index is -1.57. The molecule has 3 N–H and O–H groups in total. The zero-order chi connectivity index (χ0) is 19.7. The van der Waals surface area contributed by atoms with Crippen molar-refractivity contribution < 1.29 is 44.0 Å². The van der Waals surface area contributed by atoms with Gasteiger partial charge in [-0.2, -0.15) is 0 Å². The van der Waals surface area contributed by atoms with E-state index in [4.69, 9.17) is 14.6 Å². The summed E-state index contributed by atoms with van der Waals surface area (Å²) in [4.78, 5) is 49.7. The summed E-state index contributed by atoms with van der Waals surface area (Å²) in [6.07, 6.45) is -3.10. The molecule has 0 bridgehead atoms. The normalized spacial score (nSPS) is 15.3. The van der Waals surface area contributed by atoms with Crippen LogP contribution in [0.1, 0.15) is 12.8 Å². The van der Waals surface area contributed by atoms with Crippen molar-refractivity contribution in [3.05, 3.63) is 0 Å². The molecule has 26 heavy (non-hydrogen) atoms. The van der Waals surface area contributed by atoms with Crippen molar-refractivity contribution >= 4 is 23.7 Å². The van der Waals surface area contributed by atoms with E-state index in [1.807, 2.05) is 0 Å². The second-order valence-electron chi connectivity index (χ2n) is 5.31. The molecule has 0 saturated carbocycles. The average Bonchev–Trinajstić information content (AvgIpc) is 2.61. The molecule has 0 radical (unpaired) electrons. The number of aliphatic hydroxyl groups excluding tert-OH is 2. The van der Waals surface area contributed by atoms with Crippen LogP contribution in [0.25, 0.3) is 0 Å². The number of carbonyl (C=O) groups excluding carboxylic acids is 3. The molecule has 1 fully saturated rings. The highest BCUT2D eigenvalue weighted by molar-refractivity contribution is 5.97. The lowest BCUT2D eigenvalue weighted by Gasteiger charge is -2.36. The van der Waals surface area contributed by atoms with E-state index in [-0.39, 0.29) is 0 Å². The van der Waals surface area contributed by atoms with Crippen LogP contribution in [0, 0.1) is 0 Å². The average molecular weight is 377 g/mol. The number of aliphatic hydroxyl groups is 2. The van der Waals surface area contributed by atoms with E-state index in [0.717, 1.165) is 7.11 Å². The Hall–Kier alpha value is -2.28. The lowest BCUT2D eigenvalue weighted by atomic mass is 10.3. The third kappa shape index (κ3) is 5.91. The number of amides is 3. The van der Waals surface area contributed by atoms with Crippen LogP contribution >= 0.6 is 0 Å². The number of aliphatic carboxylic acids is 1. The van der Waals surface area contributed by atoms with Gasteiger partial charge in [-0.1, -0.05) is 0 Å². The summed E-state index contributed by atoms with van der Waals surface area (Å²) in [6.45, 7) is -0.493. The van der Waals surface area contributed by atoms with Gasteiger partial charge in [0.1, 0.15) is 26.3 Å². The van der Waals surface area contributed by atoms with Crippen molar-refractivity contribution in [2.45, 2.75) is 19.2 Å². The van der Waals surface area contributed by atoms with Gasteiger partial charge in [0.05, 0.1) is 13.2 Å². The van der Waals surface area contributed by atoms with Gasteiger partial charge >= 0.3 is 5.97 Å². The number of rotatable bonds is 9. The van der Waals surface area contributed by atoms with Crippen LogP contribution in [0.15, 0.2) is 0 Å². The first-order chi connectivity index (χ1) is 12.3. The molecule has 1 heterocycles. The maximum Gasteiger partial charge on any atom is 0.312 e. The smallest absolute Gasteiger partial charge is 0.312 e. The van der Waals surface area contributed by atoms with Crippen LogP contribution in [-0.2, 0) is 28.7 Å². The van der Waals surface area contributed by atoms with E-state index in [9.17, 15) is 29.4 Å². The lowest BCUT2D eigenvalue weighted by molar-refractivity contribution is -0.194. The van der Waals surface area contributed by atoms with Gasteiger partial charge in [0.2, 0.25) is 24.1 Å². The second kappa shape index (κ2) is 10.7. The predicted octanol–water partition coefficient (Wildman–Crippen LogP) is -2.80. The molecule has 148 valence electrons. The summed E-state index contributed by atoms with van der Waals surface area (Å²) in [5.41, 5.74) is 0. The number of carboxylic acids is 1. The first kappa shape index (κ1) is 21.8. The number of methoxy groups -OCH3 is 1. The molecular formula is C14H23N3O9. The molecule has 12 nitrogen and oxygen atoms in total. The van der Waals surface area contributed by atoms with Crippen LogP contribution in [0.3, 0.4) is 0 Å². The Morgan fingerprint density at radius 1 is 1.04 bits per heavy atom. The Kier molecular flexibility index (Phi) is 8.92. The Morgan fingerprint density at radius 2 is 1.54 bits per heavy atom. The number of carboxylic acid groups (broad SMARTS) is 1. The number of hydrogen-bond donors (Lipinski definition) is 3. The fourth-order valence-corrected chi connectivity index (χ4v) is 2.35. The van der Waals surface area contributed by atoms with Crippen LogP contribution in [0.4, 0.5) is 0 Å². The molecule has 1 unspecified atom stereocenters. The number of carbonyl (C=O) groups is 4. The molecule has 0 aromatic heterocycles. The molecular weight excluding hydrogens is 354 g/mol. The van der Waals surface area contributed by atoms with Crippen LogP contribution in [0.5, 0.6) is 0 Å². The number of ether oxygens (including phenoxy) is 2. The third-order valence-electron chi connectivity index (χ3n) is 3.66. The molecule has 0 spiro atoms. The van der Waals surface area contributed by atoms with Gasteiger partial charge in [-0.05, 0) is 0 Å². The minimum absolute atomic E-state index is 0.332. The van der Waals surface area contributed by atoms with Gasteiger partial charge in [0.15, 0.2) is 0 Å². The van der Waals surface area contributed by atoms with E-state index in [0.29, 0.717) is 36.1 Å². The summed E-state index contributed by atoms with van der Waals surface area (Å²) in [5, 5.41) is 27.5. The van der Waals surface area contributed by atoms with E-state index >= 15 is 0 Å². The number of morpholine rings is 1. The van der Waals surface area contributed by atoms with E-state index in [1.165, 1.54) is 4.90 Å². The Labute approximate surface area is 149 Å². The van der Waals surface area contributed by atoms with Crippen LogP contribution < -0.4 is 0 Å². The highest BCUT2D eigenvalue weighted by atomic mass is 16.5. The van der Waals surface area contributed by atoms with E-state index in [2.05, 4.69) is 0 Å². The van der Waals surface area contributed by atoms with Crippen molar-refractivity contribution in [2.24, 2.45) is 0 Å². The molecule has 1 saturated heterocycles. The molecule has 3 amide bonds. The fraction of sp³-hybridized carbons (Fsp3) is 0.714. The fourth-order valence-electron chi connectivity index (χ4n) is 2.35. The van der Waals surface area contributed by atoms with E-state index < -0.39 is 56.3 Å². The summed E-state index contributed by atoms with van der Waals surface area (Å²) >= 11 is 0. The summed E-state index contributed by atoms with van der Waals surface area (Å²) in [7, 11) is 1.10. The first-order valence-electron chi connectivity index (χ1n) is 7.76. The SMILES string of the molecule is COC(N(CO)C(=O)CC(=O)O)N(CO)C(=O)CC(=O)N1CCOCC1. The summed E-state index contributed by atoms with van der Waals surface area (Å²) in [5.74, 6) is -3.80. The Morgan fingerprint density at radius 3 is 1.96 bits per heavy atom. The van der Waals surface area contributed by atoms with Crippen molar-refractivity contribution in [1.29, 1.82) is 0 Å². The molecule has 1 rings (SSSR count). The second-order valence-corrected chi connectivity index (χ2v) is 5.31. The van der Waals surface area contributed by atoms with E-state index in [1.54, 1.807) is 0 Å². The lowest BCUT2D eigenvalue weighted by Crippen LogP contribution is -2.56. The van der Waals surface area contributed by atoms with Crippen molar-refractivity contribution in [2.75, 3.05) is 46.9 Å². The number of nitrogens with zero attached hydrogens (tertiary/aromatic N) is 3. The summed E-state index contributed by atoms with van der Waals surface area (Å²) < 4.78 is 10.1. The highest BCUT2D eigenvalue weighted by Gasteiger charge is 2.33. The van der Waals surface area contributed by atoms with Gasteiger partial charge in [0, 0.05) is 20.2 Å². The molecule has 0 aliphatic carbocycles. The molecule has 0 aromatic carbocycles. The maximum atomic E-state index is 12.4. The quantitative estimate of drug-likeness (QED) is 0.285. The minimum Gasteiger partial charge on any atom is -0.481 e. The van der Waals surface area contributed by atoms with Crippen molar-refractivity contribution in [3.8, 4) is 0 Å². The van der Waals surface area contributed by atoms with Gasteiger partial charge in [-0.15, -0.1) is 0 Å². The highest BCUT2D eigenvalue weighted by Crippen LogP contribution is 2.12. The third-order valence-corrected chi connectivity index (χ3v) is 3.66. The Bertz CT molecular complexity index is 522. The number of hydrogen-bond acceptors (Lipinski definition) is 8. The molecule has 0 aromatic rings. The zero-order valence-electron chi connectivity index (χ0n) is 14.4. The van der Waals surface area contributed by atoms with Crippen LogP contribution in [-0.4, -0.2) is 107 Å². The monoisotopic (exact) mass is 377 g/mol. The molecule has 1 aliphatic heterocycles. The standard InChI is InChI=1S/C14H23N3O9/c1-25-14(17(9-19)12(22)7-13(23)24)16(8-18)11(21)6-10(20)15-2-4-26-5-3-15/h14,18-19H,2-9H2,1H3,(H,23,24). The van der Waals surface area contributed by atoms with Gasteiger partial charge in [-0.25, -0.2) is 0 Å². The van der Waals surface area contributed by atoms with Gasteiger partial charge < -0.3 is 29.7 Å². The molecule has 1 atom stereocenters. The zero-order valence-corrected chi connectivity index (χ0v) is 14.4. The largest absolute Gasteiger partial charge is 0.481 e. The molecule has 1 aliphatic rings. The van der Waals surface area contributed by atoms with Gasteiger partial charge in [-0.3, -0.25) is 29.0 Å². The first-order valence-corrected chi connectivity index (χ1v) is 7.76. The summed E-state index contributed by atoms with van der Waals surface area (Å²) in [6, 6.07) is 0. The van der Waals surface area contributed by atoms with Crippen molar-refractivity contribution in [3.63, 3.8) is 0 Å². The van der Waals surface area contributed by atoms with Crippen molar-refractivity contribution in [1.82, 2.24) is 14.7 Å². The topological polar surface area (TPSA) is 157 Å². The Balaban J connectivity index is 2.83. The maximum absolute atomic E-state index is 12.4. The molecule has 12 heteroatoms. The van der Waals surface area contributed by atoms with Crippen LogP contribution in [0.2, 0.25) is 0 Å². The predicted molar refractivity (Wildman–Crippen MR) is 82.9 cm³/mol. The van der Waals surface area contributed by atoms with Gasteiger partial charge in [0.25, 0.3) is 0 Å².